The van der Waals surface area contributed by atoms with Crippen LogP contribution in [0.4, 0.5) is 0 Å². The highest BCUT2D eigenvalue weighted by molar-refractivity contribution is 6.60. The first-order valence-electron chi connectivity index (χ1n) is 8.97. The molecule has 0 amide bonds. The third-order valence-corrected chi connectivity index (χ3v) is 6.10. The standard InChI is InChI=1S/C22H28O5Si/c1-7-9-17-11-13-19(21(15-17)23-3)26-28(6,25-5)27-20-14-12-18(10-8-2)16-22(20)24-4/h7-8,11-16H,1-2,9-10H2,3-6H3. The van der Waals surface area contributed by atoms with Crippen LogP contribution in [0.5, 0.6) is 23.0 Å². The van der Waals surface area contributed by atoms with Gasteiger partial charge in [-0.2, -0.15) is 0 Å². The van der Waals surface area contributed by atoms with Crippen molar-refractivity contribution < 1.29 is 22.8 Å². The minimum absolute atomic E-state index is 0.563. The molecule has 0 aliphatic carbocycles. The lowest BCUT2D eigenvalue weighted by Gasteiger charge is -2.27. The van der Waals surface area contributed by atoms with Gasteiger partial charge in [-0.25, -0.2) is 0 Å². The van der Waals surface area contributed by atoms with E-state index in [0.717, 1.165) is 24.0 Å². The first-order valence-corrected chi connectivity index (χ1v) is 11.2. The smallest absolute Gasteiger partial charge is 0.493 e. The molecule has 0 saturated heterocycles. The van der Waals surface area contributed by atoms with E-state index in [2.05, 4.69) is 13.2 Å². The molecule has 0 aromatic heterocycles. The van der Waals surface area contributed by atoms with Gasteiger partial charge in [-0.3, -0.25) is 0 Å². The number of hydrogen-bond acceptors (Lipinski definition) is 5. The van der Waals surface area contributed by atoms with Crippen LogP contribution in [0.25, 0.3) is 0 Å². The fourth-order valence-corrected chi connectivity index (χ4v) is 4.03. The van der Waals surface area contributed by atoms with Crippen molar-refractivity contribution in [1.29, 1.82) is 0 Å². The maximum atomic E-state index is 6.16. The van der Waals surface area contributed by atoms with Crippen molar-refractivity contribution in [3.05, 3.63) is 72.8 Å². The van der Waals surface area contributed by atoms with Crippen LogP contribution in [0.1, 0.15) is 11.1 Å². The molecule has 0 atom stereocenters. The van der Waals surface area contributed by atoms with Gasteiger partial charge in [0.1, 0.15) is 0 Å². The van der Waals surface area contributed by atoms with E-state index in [1.54, 1.807) is 21.3 Å². The van der Waals surface area contributed by atoms with E-state index in [4.69, 9.17) is 22.8 Å². The monoisotopic (exact) mass is 400 g/mol. The zero-order chi connectivity index (χ0) is 20.6. The Kier molecular flexibility index (Phi) is 7.72. The summed E-state index contributed by atoms with van der Waals surface area (Å²) in [5.41, 5.74) is 2.17. The molecule has 0 saturated carbocycles. The summed E-state index contributed by atoms with van der Waals surface area (Å²) in [6.07, 6.45) is 5.18. The van der Waals surface area contributed by atoms with Crippen LogP contribution in [-0.2, 0) is 17.3 Å². The van der Waals surface area contributed by atoms with E-state index in [-0.39, 0.29) is 0 Å². The molecular weight excluding hydrogens is 372 g/mol. The summed E-state index contributed by atoms with van der Waals surface area (Å²) < 4.78 is 28.9. The second kappa shape index (κ2) is 10.0. The average molecular weight is 401 g/mol. The third kappa shape index (κ3) is 5.40. The van der Waals surface area contributed by atoms with Crippen molar-refractivity contribution in [2.45, 2.75) is 19.4 Å². The van der Waals surface area contributed by atoms with E-state index < -0.39 is 8.80 Å². The van der Waals surface area contributed by atoms with Crippen molar-refractivity contribution in [2.75, 3.05) is 21.3 Å². The average Bonchev–Trinajstić information content (AvgIpc) is 2.70. The lowest BCUT2D eigenvalue weighted by Crippen LogP contribution is -2.48. The van der Waals surface area contributed by atoms with Gasteiger partial charge in [0.15, 0.2) is 23.0 Å². The molecule has 0 radical (unpaired) electrons. The van der Waals surface area contributed by atoms with Crippen LogP contribution in [0.15, 0.2) is 61.7 Å². The van der Waals surface area contributed by atoms with Crippen molar-refractivity contribution in [1.82, 2.24) is 0 Å². The van der Waals surface area contributed by atoms with E-state index in [9.17, 15) is 0 Å². The van der Waals surface area contributed by atoms with E-state index in [1.807, 2.05) is 55.1 Å². The van der Waals surface area contributed by atoms with Crippen LogP contribution in [-0.4, -0.2) is 30.1 Å². The fraction of sp³-hybridized carbons (Fsp3) is 0.273. The zero-order valence-corrected chi connectivity index (χ0v) is 18.0. The minimum atomic E-state index is -3.07. The van der Waals surface area contributed by atoms with Crippen LogP contribution in [0, 0.1) is 0 Å². The predicted molar refractivity (Wildman–Crippen MR) is 114 cm³/mol. The molecule has 0 aliphatic rings. The summed E-state index contributed by atoms with van der Waals surface area (Å²) in [5.74, 6) is 2.36. The molecule has 0 unspecified atom stereocenters. The predicted octanol–water partition coefficient (Wildman–Crippen LogP) is 4.83. The van der Waals surface area contributed by atoms with Crippen LogP contribution < -0.4 is 18.3 Å². The maximum absolute atomic E-state index is 6.16. The molecule has 2 aromatic carbocycles. The summed E-state index contributed by atoms with van der Waals surface area (Å²) in [5, 5.41) is 0. The summed E-state index contributed by atoms with van der Waals surface area (Å²) in [7, 11) is 1.71. The van der Waals surface area contributed by atoms with Crippen LogP contribution >= 0.6 is 0 Å². The molecular formula is C22H28O5Si. The van der Waals surface area contributed by atoms with Gasteiger partial charge in [-0.1, -0.05) is 24.3 Å². The van der Waals surface area contributed by atoms with Crippen LogP contribution in [0.3, 0.4) is 0 Å². The lowest BCUT2D eigenvalue weighted by molar-refractivity contribution is 0.206. The van der Waals surface area contributed by atoms with E-state index in [1.165, 1.54) is 0 Å². The molecule has 0 fully saturated rings. The largest absolute Gasteiger partial charge is 0.628 e. The number of rotatable bonds is 11. The Morgan fingerprint density at radius 3 is 1.50 bits per heavy atom. The summed E-state index contributed by atoms with van der Waals surface area (Å²) in [4.78, 5) is 0. The highest BCUT2D eigenvalue weighted by atomic mass is 28.4. The Morgan fingerprint density at radius 1 is 0.750 bits per heavy atom. The fourth-order valence-electron chi connectivity index (χ4n) is 2.68. The molecule has 5 nitrogen and oxygen atoms in total. The van der Waals surface area contributed by atoms with Gasteiger partial charge < -0.3 is 22.8 Å². The molecule has 2 rings (SSSR count). The van der Waals surface area contributed by atoms with Gasteiger partial charge >= 0.3 is 8.80 Å². The molecule has 28 heavy (non-hydrogen) atoms. The van der Waals surface area contributed by atoms with Crippen molar-refractivity contribution in [3.8, 4) is 23.0 Å². The first-order chi connectivity index (χ1) is 13.5. The SMILES string of the molecule is C=CCc1ccc(O[Si](C)(OC)Oc2ccc(CC=C)cc2OC)c(OC)c1. The summed E-state index contributed by atoms with van der Waals surface area (Å²) in [6, 6.07) is 11.5. The Morgan fingerprint density at radius 2 is 1.18 bits per heavy atom. The van der Waals surface area contributed by atoms with Crippen molar-refractivity contribution in [2.24, 2.45) is 0 Å². The first kappa shape index (κ1) is 21.6. The summed E-state index contributed by atoms with van der Waals surface area (Å²) in [6.45, 7) is 9.35. The van der Waals surface area contributed by atoms with E-state index in [0.29, 0.717) is 23.0 Å². The third-order valence-electron chi connectivity index (χ3n) is 4.18. The van der Waals surface area contributed by atoms with Gasteiger partial charge in [0, 0.05) is 13.7 Å². The van der Waals surface area contributed by atoms with Crippen LogP contribution in [0.2, 0.25) is 6.55 Å². The molecule has 0 bridgehead atoms. The summed E-state index contributed by atoms with van der Waals surface area (Å²) >= 11 is 0. The Hall–Kier alpha value is -2.70. The number of hydrogen-bond donors (Lipinski definition) is 0. The lowest BCUT2D eigenvalue weighted by atomic mass is 10.1. The second-order valence-electron chi connectivity index (χ2n) is 6.23. The van der Waals surface area contributed by atoms with Crippen molar-refractivity contribution >= 4 is 8.80 Å². The molecule has 0 N–H and O–H groups in total. The Bertz CT molecular complexity index is 755. The van der Waals surface area contributed by atoms with Gasteiger partial charge in [0.2, 0.25) is 0 Å². The topological polar surface area (TPSA) is 46.2 Å². The maximum Gasteiger partial charge on any atom is 0.628 e. The number of allylic oxidation sites excluding steroid dienone is 2. The Labute approximate surface area is 168 Å². The minimum Gasteiger partial charge on any atom is -0.493 e. The quantitative estimate of drug-likeness (QED) is 0.399. The van der Waals surface area contributed by atoms with Gasteiger partial charge in [0.25, 0.3) is 0 Å². The molecule has 0 heterocycles. The molecule has 2 aromatic rings. The zero-order valence-electron chi connectivity index (χ0n) is 17.0. The van der Waals surface area contributed by atoms with Gasteiger partial charge in [-0.15, -0.1) is 13.2 Å². The number of benzene rings is 2. The van der Waals surface area contributed by atoms with Gasteiger partial charge in [-0.05, 0) is 48.2 Å². The molecule has 150 valence electrons. The normalized spacial score (nSPS) is 10.9. The molecule has 0 aliphatic heterocycles. The second-order valence-corrected chi connectivity index (χ2v) is 8.77. The Balaban J connectivity index is 2.28. The highest BCUT2D eigenvalue weighted by Crippen LogP contribution is 2.34. The van der Waals surface area contributed by atoms with E-state index >= 15 is 0 Å². The van der Waals surface area contributed by atoms with Crippen molar-refractivity contribution in [3.63, 3.8) is 0 Å². The molecule has 0 spiro atoms. The number of ether oxygens (including phenoxy) is 2. The molecule has 6 heteroatoms. The number of methoxy groups -OCH3 is 2. The highest BCUT2D eigenvalue weighted by Gasteiger charge is 2.40. The van der Waals surface area contributed by atoms with Gasteiger partial charge in [0.05, 0.1) is 14.2 Å².